The molecule has 1 unspecified atom stereocenters. The SMILES string of the molecule is NC1=NN=C(Cc2ccccc2)S1=S. The summed E-state index contributed by atoms with van der Waals surface area (Å²) in [6.07, 6.45) is 0.748. The first-order chi connectivity index (χ1) is 6.77. The molecule has 1 atom stereocenters. The highest BCUT2D eigenvalue weighted by molar-refractivity contribution is 8.45. The molecule has 3 nitrogen and oxygen atoms in total. The van der Waals surface area contributed by atoms with Gasteiger partial charge in [0.1, 0.15) is 5.04 Å². The predicted octanol–water partition coefficient (Wildman–Crippen LogP) is 0.951. The molecule has 0 amide bonds. The van der Waals surface area contributed by atoms with Crippen molar-refractivity contribution in [3.05, 3.63) is 35.9 Å². The quantitative estimate of drug-likeness (QED) is 0.811. The first-order valence-electron chi connectivity index (χ1n) is 4.13. The third kappa shape index (κ3) is 1.88. The van der Waals surface area contributed by atoms with Gasteiger partial charge < -0.3 is 5.73 Å². The molecule has 0 fully saturated rings. The molecule has 5 heteroatoms. The maximum Gasteiger partial charge on any atom is 0.190 e. The van der Waals surface area contributed by atoms with E-state index in [4.69, 9.17) is 16.9 Å². The molecule has 0 saturated heterocycles. The van der Waals surface area contributed by atoms with Crippen molar-refractivity contribution in [3.8, 4) is 0 Å². The van der Waals surface area contributed by atoms with Crippen LogP contribution in [0.2, 0.25) is 0 Å². The Hall–Kier alpha value is -1.07. The maximum absolute atomic E-state index is 5.57. The van der Waals surface area contributed by atoms with Gasteiger partial charge in [0.05, 0.1) is 0 Å². The fourth-order valence-corrected chi connectivity index (χ4v) is 2.32. The van der Waals surface area contributed by atoms with Crippen molar-refractivity contribution in [2.75, 3.05) is 0 Å². The lowest BCUT2D eigenvalue weighted by Crippen LogP contribution is -2.20. The van der Waals surface area contributed by atoms with Crippen molar-refractivity contribution in [2.24, 2.45) is 15.9 Å². The van der Waals surface area contributed by atoms with E-state index < -0.39 is 9.45 Å². The molecule has 1 aromatic carbocycles. The van der Waals surface area contributed by atoms with E-state index in [9.17, 15) is 0 Å². The van der Waals surface area contributed by atoms with Gasteiger partial charge in [-0.3, -0.25) is 0 Å². The van der Waals surface area contributed by atoms with E-state index in [1.165, 1.54) is 5.56 Å². The van der Waals surface area contributed by atoms with Crippen LogP contribution in [0.3, 0.4) is 0 Å². The van der Waals surface area contributed by atoms with Gasteiger partial charge in [0.25, 0.3) is 0 Å². The van der Waals surface area contributed by atoms with E-state index in [1.807, 2.05) is 30.3 Å². The van der Waals surface area contributed by atoms with Gasteiger partial charge in [-0.15, -0.1) is 10.2 Å². The Morgan fingerprint density at radius 3 is 2.50 bits per heavy atom. The predicted molar refractivity (Wildman–Crippen MR) is 63.9 cm³/mol. The Morgan fingerprint density at radius 2 is 1.93 bits per heavy atom. The Morgan fingerprint density at radius 1 is 1.21 bits per heavy atom. The van der Waals surface area contributed by atoms with Crippen molar-refractivity contribution in [1.82, 2.24) is 0 Å². The number of benzene rings is 1. The van der Waals surface area contributed by atoms with E-state index >= 15 is 0 Å². The van der Waals surface area contributed by atoms with E-state index in [1.54, 1.807) is 0 Å². The number of nitrogens with two attached hydrogens (primary N) is 1. The highest BCUT2D eigenvalue weighted by Gasteiger charge is 2.15. The number of rotatable bonds is 2. The molecule has 0 saturated carbocycles. The van der Waals surface area contributed by atoms with Gasteiger partial charge in [0.2, 0.25) is 0 Å². The average Bonchev–Trinajstić information content (AvgIpc) is 2.52. The van der Waals surface area contributed by atoms with Crippen LogP contribution in [-0.4, -0.2) is 10.2 Å². The zero-order chi connectivity index (χ0) is 9.97. The average molecular weight is 223 g/mol. The lowest BCUT2D eigenvalue weighted by Gasteiger charge is -2.00. The maximum atomic E-state index is 5.57. The summed E-state index contributed by atoms with van der Waals surface area (Å²) in [6.45, 7) is 0. The zero-order valence-corrected chi connectivity index (χ0v) is 9.02. The van der Waals surface area contributed by atoms with E-state index in [0.29, 0.717) is 5.17 Å². The molecule has 1 aliphatic heterocycles. The molecule has 1 aromatic rings. The van der Waals surface area contributed by atoms with Crippen LogP contribution in [0.25, 0.3) is 0 Å². The minimum atomic E-state index is -0.495. The molecule has 72 valence electrons. The van der Waals surface area contributed by atoms with Gasteiger partial charge in [0.15, 0.2) is 5.17 Å². The zero-order valence-electron chi connectivity index (χ0n) is 7.38. The second-order valence-corrected chi connectivity index (χ2v) is 5.29. The van der Waals surface area contributed by atoms with Crippen LogP contribution in [-0.2, 0) is 27.1 Å². The molecule has 0 aromatic heterocycles. The number of hydrogen-bond donors (Lipinski definition) is 1. The van der Waals surface area contributed by atoms with Crippen molar-refractivity contribution in [2.45, 2.75) is 6.42 Å². The van der Waals surface area contributed by atoms with Crippen LogP contribution >= 0.6 is 0 Å². The van der Waals surface area contributed by atoms with Crippen LogP contribution in [0.1, 0.15) is 5.56 Å². The number of amidine groups is 1. The molecule has 0 bridgehead atoms. The monoisotopic (exact) mass is 223 g/mol. The van der Waals surface area contributed by atoms with Crippen molar-refractivity contribution < 1.29 is 0 Å². The summed E-state index contributed by atoms with van der Waals surface area (Å²) in [7, 11) is -0.495. The smallest absolute Gasteiger partial charge is 0.190 e. The molecule has 0 radical (unpaired) electrons. The highest BCUT2D eigenvalue weighted by atomic mass is 32.8. The van der Waals surface area contributed by atoms with Crippen LogP contribution in [0.5, 0.6) is 0 Å². The van der Waals surface area contributed by atoms with Gasteiger partial charge in [-0.2, -0.15) is 0 Å². The van der Waals surface area contributed by atoms with Crippen molar-refractivity contribution in [3.63, 3.8) is 0 Å². The Bertz CT molecular complexity index is 423. The van der Waals surface area contributed by atoms with E-state index in [-0.39, 0.29) is 0 Å². The highest BCUT2D eigenvalue weighted by Crippen LogP contribution is 2.08. The standard InChI is InChI=1S/C9H9N3S2/c10-9-12-11-8(14(9)13)6-7-4-2-1-3-5-7/h1-5H,6H2,(H2,10,12). The molecule has 1 aliphatic rings. The minimum Gasteiger partial charge on any atom is -0.376 e. The molecule has 14 heavy (non-hydrogen) atoms. The van der Waals surface area contributed by atoms with Crippen molar-refractivity contribution in [1.29, 1.82) is 0 Å². The summed E-state index contributed by atoms with van der Waals surface area (Å²) in [5.74, 6) is 0. The van der Waals surface area contributed by atoms with Crippen molar-refractivity contribution >= 4 is 30.9 Å². The first kappa shape index (κ1) is 9.48. The first-order valence-corrected chi connectivity index (χ1v) is 6.28. The summed E-state index contributed by atoms with van der Waals surface area (Å²) < 4.78 is 0. The van der Waals surface area contributed by atoms with Gasteiger partial charge in [-0.1, -0.05) is 30.3 Å². The van der Waals surface area contributed by atoms with E-state index in [0.717, 1.165) is 11.5 Å². The fraction of sp³-hybridized carbons (Fsp3) is 0.111. The lowest BCUT2D eigenvalue weighted by atomic mass is 10.2. The molecule has 1 heterocycles. The number of nitrogens with zero attached hydrogens (tertiary/aromatic N) is 2. The van der Waals surface area contributed by atoms with Crippen LogP contribution in [0.15, 0.2) is 40.5 Å². The molecule has 2 rings (SSSR count). The second-order valence-electron chi connectivity index (χ2n) is 2.86. The van der Waals surface area contributed by atoms with Crippen LogP contribution in [0, 0.1) is 0 Å². The summed E-state index contributed by atoms with van der Waals surface area (Å²) in [5, 5.41) is 9.12. The number of hydrogen-bond acceptors (Lipinski definition) is 4. The Kier molecular flexibility index (Phi) is 2.69. The van der Waals surface area contributed by atoms with E-state index in [2.05, 4.69) is 10.2 Å². The fourth-order valence-electron chi connectivity index (χ4n) is 1.17. The lowest BCUT2D eigenvalue weighted by molar-refractivity contribution is 1.22. The van der Waals surface area contributed by atoms with Gasteiger partial charge in [0, 0.05) is 6.42 Å². The summed E-state index contributed by atoms with van der Waals surface area (Å²) >= 11 is 5.19. The van der Waals surface area contributed by atoms with Crippen LogP contribution in [0.4, 0.5) is 0 Å². The molecule has 2 N–H and O–H groups in total. The largest absolute Gasteiger partial charge is 0.376 e. The second kappa shape index (κ2) is 3.98. The minimum absolute atomic E-state index is 0.464. The topological polar surface area (TPSA) is 50.7 Å². The molecular weight excluding hydrogens is 214 g/mol. The van der Waals surface area contributed by atoms with Gasteiger partial charge >= 0.3 is 0 Å². The van der Waals surface area contributed by atoms with Crippen LogP contribution < -0.4 is 5.73 Å². The molecule has 0 aliphatic carbocycles. The molecular formula is C9H9N3S2. The van der Waals surface area contributed by atoms with Gasteiger partial charge in [-0.05, 0) is 26.2 Å². The molecule has 0 spiro atoms. The van der Waals surface area contributed by atoms with Gasteiger partial charge in [-0.25, -0.2) is 0 Å². The Labute approximate surface area is 89.3 Å². The normalized spacial score (nSPS) is 20.4. The summed E-state index contributed by atoms with van der Waals surface area (Å²) in [5.41, 5.74) is 6.76. The third-order valence-electron chi connectivity index (χ3n) is 1.86. The third-order valence-corrected chi connectivity index (χ3v) is 4.07. The Balaban J connectivity index is 2.12. The summed E-state index contributed by atoms with van der Waals surface area (Å²) in [4.78, 5) is 0. The summed E-state index contributed by atoms with van der Waals surface area (Å²) in [6, 6.07) is 10.1.